The topological polar surface area (TPSA) is 89.5 Å². The highest BCUT2D eigenvalue weighted by molar-refractivity contribution is 6.30. The van der Waals surface area contributed by atoms with Gasteiger partial charge in [0.2, 0.25) is 11.7 Å². The van der Waals surface area contributed by atoms with Gasteiger partial charge < -0.3 is 10.1 Å². The Morgan fingerprint density at radius 2 is 1.68 bits per heavy atom. The lowest BCUT2D eigenvalue weighted by molar-refractivity contribution is -0.142. The van der Waals surface area contributed by atoms with Gasteiger partial charge in [0.15, 0.2) is 12.4 Å². The first-order valence-corrected chi connectivity index (χ1v) is 8.69. The highest BCUT2D eigenvalue weighted by atomic mass is 35.5. The Balaban J connectivity index is 1.83. The third-order valence-corrected chi connectivity index (χ3v) is 3.93. The number of hydrogen-bond donors (Lipinski definition) is 1. The number of ether oxygens (including phenoxy) is 1. The molecule has 0 atom stereocenters. The van der Waals surface area contributed by atoms with Gasteiger partial charge in [0, 0.05) is 29.6 Å². The van der Waals surface area contributed by atoms with Crippen LogP contribution in [0.3, 0.4) is 0 Å². The number of benzene rings is 2. The molecule has 28 heavy (non-hydrogen) atoms. The molecule has 0 unspecified atom stereocenters. The highest BCUT2D eigenvalue weighted by Crippen LogP contribution is 2.16. The van der Waals surface area contributed by atoms with Gasteiger partial charge in [-0.25, -0.2) is 4.39 Å². The number of esters is 1. The third kappa shape index (κ3) is 6.28. The monoisotopic (exact) mass is 405 g/mol. The van der Waals surface area contributed by atoms with Crippen molar-refractivity contribution >= 4 is 40.7 Å². The van der Waals surface area contributed by atoms with Crippen molar-refractivity contribution in [3.63, 3.8) is 0 Å². The van der Waals surface area contributed by atoms with Crippen LogP contribution in [0.1, 0.15) is 40.5 Å². The second kappa shape index (κ2) is 9.75. The summed E-state index contributed by atoms with van der Waals surface area (Å²) < 4.78 is 18.8. The van der Waals surface area contributed by atoms with Crippen LogP contribution in [-0.4, -0.2) is 30.0 Å². The van der Waals surface area contributed by atoms with Crippen molar-refractivity contribution in [2.45, 2.75) is 19.8 Å². The van der Waals surface area contributed by atoms with Gasteiger partial charge in [0.25, 0.3) is 0 Å². The van der Waals surface area contributed by atoms with Crippen molar-refractivity contribution in [3.8, 4) is 0 Å². The van der Waals surface area contributed by atoms with Crippen molar-refractivity contribution in [1.29, 1.82) is 0 Å². The molecule has 8 heteroatoms. The molecule has 146 valence electrons. The summed E-state index contributed by atoms with van der Waals surface area (Å²) in [5.41, 5.74) is 0.355. The van der Waals surface area contributed by atoms with E-state index in [1.54, 1.807) is 24.3 Å². The number of amides is 1. The van der Waals surface area contributed by atoms with E-state index in [1.807, 2.05) is 0 Å². The zero-order valence-corrected chi connectivity index (χ0v) is 15.7. The summed E-state index contributed by atoms with van der Waals surface area (Å²) in [6.45, 7) is 0.623. The molecule has 6 nitrogen and oxygen atoms in total. The molecule has 0 aliphatic rings. The Bertz CT molecular complexity index is 911. The predicted octanol–water partition coefficient (Wildman–Crippen LogP) is 3.83. The molecule has 0 aliphatic carbocycles. The molecule has 0 bridgehead atoms. The zero-order chi connectivity index (χ0) is 20.7. The minimum atomic E-state index is -0.842. The standard InChI is InChI=1S/C20H17ClFNO5/c1-12(24)23-15-6-7-16(17(22)10-15)19(26)11-28-20(27)9-8-18(25)13-2-4-14(21)5-3-13/h2-7,10H,8-9,11H2,1H3,(H,23,24). The van der Waals surface area contributed by atoms with E-state index < -0.39 is 24.2 Å². The van der Waals surface area contributed by atoms with E-state index in [2.05, 4.69) is 5.32 Å². The van der Waals surface area contributed by atoms with E-state index >= 15 is 0 Å². The number of ketones is 2. The second-order valence-electron chi connectivity index (χ2n) is 5.89. The van der Waals surface area contributed by atoms with Crippen LogP contribution in [0.25, 0.3) is 0 Å². The minimum absolute atomic E-state index is 0.0889. The smallest absolute Gasteiger partial charge is 0.306 e. The molecule has 0 saturated heterocycles. The molecular formula is C20H17ClFNO5. The van der Waals surface area contributed by atoms with Crippen LogP contribution in [0.2, 0.25) is 5.02 Å². The summed E-state index contributed by atoms with van der Waals surface area (Å²) in [5, 5.41) is 2.88. The first-order valence-electron chi connectivity index (χ1n) is 8.31. The summed E-state index contributed by atoms with van der Waals surface area (Å²) in [7, 11) is 0. The number of anilines is 1. The Kier molecular flexibility index (Phi) is 7.40. The van der Waals surface area contributed by atoms with Gasteiger partial charge in [0.1, 0.15) is 5.82 Å². The summed E-state index contributed by atoms with van der Waals surface area (Å²) in [4.78, 5) is 46.7. The Labute approximate surface area is 165 Å². The molecule has 0 heterocycles. The summed E-state index contributed by atoms with van der Waals surface area (Å²) in [6, 6.07) is 9.79. The van der Waals surface area contributed by atoms with Gasteiger partial charge in [-0.1, -0.05) is 11.6 Å². The third-order valence-electron chi connectivity index (χ3n) is 3.68. The maximum absolute atomic E-state index is 14.0. The van der Waals surface area contributed by atoms with E-state index in [-0.39, 0.29) is 35.8 Å². The molecular weight excluding hydrogens is 389 g/mol. The van der Waals surface area contributed by atoms with Crippen molar-refractivity contribution < 1.29 is 28.3 Å². The Hall–Kier alpha value is -3.06. The minimum Gasteiger partial charge on any atom is -0.457 e. The molecule has 2 aromatic rings. The number of hydrogen-bond acceptors (Lipinski definition) is 5. The van der Waals surface area contributed by atoms with Crippen LogP contribution in [0, 0.1) is 5.82 Å². The van der Waals surface area contributed by atoms with Crippen molar-refractivity contribution in [2.24, 2.45) is 0 Å². The van der Waals surface area contributed by atoms with Crippen LogP contribution in [0.15, 0.2) is 42.5 Å². The lowest BCUT2D eigenvalue weighted by Crippen LogP contribution is -2.16. The number of carbonyl (C=O) groups excluding carboxylic acids is 4. The van der Waals surface area contributed by atoms with Crippen molar-refractivity contribution in [3.05, 3.63) is 64.4 Å². The average molecular weight is 406 g/mol. The van der Waals surface area contributed by atoms with Crippen LogP contribution in [0.4, 0.5) is 10.1 Å². The van der Waals surface area contributed by atoms with Gasteiger partial charge in [0.05, 0.1) is 12.0 Å². The van der Waals surface area contributed by atoms with E-state index in [1.165, 1.54) is 19.1 Å². The zero-order valence-electron chi connectivity index (χ0n) is 15.0. The summed E-state index contributed by atoms with van der Waals surface area (Å²) in [5.74, 6) is -2.96. The number of rotatable bonds is 8. The van der Waals surface area contributed by atoms with Crippen LogP contribution in [0.5, 0.6) is 0 Å². The van der Waals surface area contributed by atoms with Crippen LogP contribution < -0.4 is 5.32 Å². The summed E-state index contributed by atoms with van der Waals surface area (Å²) >= 11 is 5.74. The van der Waals surface area contributed by atoms with Gasteiger partial charge >= 0.3 is 5.97 Å². The van der Waals surface area contributed by atoms with Crippen LogP contribution >= 0.6 is 11.6 Å². The molecule has 1 N–H and O–H groups in total. The molecule has 2 rings (SSSR count). The Morgan fingerprint density at radius 3 is 2.29 bits per heavy atom. The maximum atomic E-state index is 14.0. The molecule has 0 aromatic heterocycles. The van der Waals surface area contributed by atoms with Gasteiger partial charge in [-0.3, -0.25) is 19.2 Å². The molecule has 0 radical (unpaired) electrons. The molecule has 0 spiro atoms. The van der Waals surface area contributed by atoms with E-state index in [9.17, 15) is 23.6 Å². The lowest BCUT2D eigenvalue weighted by atomic mass is 10.1. The Morgan fingerprint density at radius 1 is 1.00 bits per heavy atom. The highest BCUT2D eigenvalue weighted by Gasteiger charge is 2.16. The number of halogens is 2. The van der Waals surface area contributed by atoms with E-state index in [0.717, 1.165) is 6.07 Å². The predicted molar refractivity (Wildman–Crippen MR) is 101 cm³/mol. The molecule has 1 amide bonds. The normalized spacial score (nSPS) is 10.2. The quantitative estimate of drug-likeness (QED) is 0.532. The average Bonchev–Trinajstić information content (AvgIpc) is 2.64. The van der Waals surface area contributed by atoms with Crippen molar-refractivity contribution in [2.75, 3.05) is 11.9 Å². The second-order valence-corrected chi connectivity index (χ2v) is 6.33. The van der Waals surface area contributed by atoms with E-state index in [4.69, 9.17) is 16.3 Å². The fourth-order valence-corrected chi connectivity index (χ4v) is 2.44. The number of carbonyl (C=O) groups is 4. The maximum Gasteiger partial charge on any atom is 0.306 e. The molecule has 0 aliphatic heterocycles. The SMILES string of the molecule is CC(=O)Nc1ccc(C(=O)COC(=O)CCC(=O)c2ccc(Cl)cc2)c(F)c1. The van der Waals surface area contributed by atoms with Gasteiger partial charge in [-0.05, 0) is 42.5 Å². The lowest BCUT2D eigenvalue weighted by Gasteiger charge is -2.07. The number of nitrogens with one attached hydrogen (secondary N) is 1. The largest absolute Gasteiger partial charge is 0.457 e. The fraction of sp³-hybridized carbons (Fsp3) is 0.200. The first kappa shape index (κ1) is 21.2. The fourth-order valence-electron chi connectivity index (χ4n) is 2.31. The number of Topliss-reactive ketones (excluding diaryl/α,β-unsaturated/α-hetero) is 2. The molecule has 0 fully saturated rings. The molecule has 2 aromatic carbocycles. The van der Waals surface area contributed by atoms with Crippen LogP contribution in [-0.2, 0) is 14.3 Å². The van der Waals surface area contributed by atoms with Crippen molar-refractivity contribution in [1.82, 2.24) is 0 Å². The molecule has 0 saturated carbocycles. The first-order chi connectivity index (χ1) is 13.3. The van der Waals surface area contributed by atoms with E-state index in [0.29, 0.717) is 10.6 Å². The van der Waals surface area contributed by atoms with Gasteiger partial charge in [-0.15, -0.1) is 0 Å². The summed E-state index contributed by atoms with van der Waals surface area (Å²) in [6.07, 6.45) is -0.298. The van der Waals surface area contributed by atoms with Gasteiger partial charge in [-0.2, -0.15) is 0 Å².